The lowest BCUT2D eigenvalue weighted by Gasteiger charge is -2.35. The van der Waals surface area contributed by atoms with Gasteiger partial charge in [0.15, 0.2) is 0 Å². The summed E-state index contributed by atoms with van der Waals surface area (Å²) in [6.07, 6.45) is 7.32. The van der Waals surface area contributed by atoms with Crippen LogP contribution in [0.1, 0.15) is 37.4 Å². The molecular weight excluding hydrogens is 318 g/mol. The molecule has 0 bridgehead atoms. The van der Waals surface area contributed by atoms with E-state index in [0.717, 1.165) is 49.7 Å². The molecule has 3 aromatic rings. The highest BCUT2D eigenvalue weighted by molar-refractivity contribution is 5.47. The van der Waals surface area contributed by atoms with Crippen LogP contribution in [0.15, 0.2) is 24.8 Å². The lowest BCUT2D eigenvalue weighted by Crippen LogP contribution is -2.37. The maximum atomic E-state index is 10.7. The quantitative estimate of drug-likeness (QED) is 0.771. The first-order chi connectivity index (χ1) is 12.2. The first-order valence-corrected chi connectivity index (χ1v) is 8.77. The van der Waals surface area contributed by atoms with E-state index >= 15 is 0 Å². The van der Waals surface area contributed by atoms with Gasteiger partial charge < -0.3 is 14.6 Å². The van der Waals surface area contributed by atoms with E-state index in [0.29, 0.717) is 5.78 Å². The van der Waals surface area contributed by atoms with Gasteiger partial charge in [0.05, 0.1) is 0 Å². The van der Waals surface area contributed by atoms with E-state index in [2.05, 4.69) is 37.9 Å². The summed E-state index contributed by atoms with van der Waals surface area (Å²) < 4.78 is 3.70. The molecule has 0 radical (unpaired) electrons. The number of rotatable bonds is 4. The van der Waals surface area contributed by atoms with Crippen LogP contribution in [-0.2, 0) is 13.5 Å². The van der Waals surface area contributed by atoms with Gasteiger partial charge in [0, 0.05) is 44.3 Å². The molecule has 0 amide bonds. The van der Waals surface area contributed by atoms with Crippen molar-refractivity contribution in [3.8, 4) is 0 Å². The molecule has 8 heteroatoms. The second-order valence-electron chi connectivity index (χ2n) is 6.60. The highest BCUT2D eigenvalue weighted by Gasteiger charge is 2.29. The van der Waals surface area contributed by atoms with Crippen LogP contribution in [0.2, 0.25) is 0 Å². The van der Waals surface area contributed by atoms with Crippen molar-refractivity contribution < 1.29 is 5.11 Å². The third kappa shape index (κ3) is 2.86. The van der Waals surface area contributed by atoms with Crippen LogP contribution in [-0.4, -0.2) is 47.3 Å². The number of aryl methyl sites for hydroxylation is 2. The Bertz CT molecular complexity index is 863. The minimum absolute atomic E-state index is 0.219. The zero-order chi connectivity index (χ0) is 17.4. The first-order valence-electron chi connectivity index (χ1n) is 8.77. The minimum atomic E-state index is -0.516. The Labute approximate surface area is 146 Å². The lowest BCUT2D eigenvalue weighted by molar-refractivity contribution is 0.0823. The zero-order valence-corrected chi connectivity index (χ0v) is 14.6. The van der Waals surface area contributed by atoms with Crippen molar-refractivity contribution in [1.82, 2.24) is 29.1 Å². The summed E-state index contributed by atoms with van der Waals surface area (Å²) >= 11 is 0. The van der Waals surface area contributed by atoms with Gasteiger partial charge in [0.1, 0.15) is 24.1 Å². The van der Waals surface area contributed by atoms with Gasteiger partial charge in [-0.3, -0.25) is 0 Å². The second kappa shape index (κ2) is 6.44. The van der Waals surface area contributed by atoms with Gasteiger partial charge in [-0.15, -0.1) is 0 Å². The van der Waals surface area contributed by atoms with Gasteiger partial charge in [-0.25, -0.2) is 9.97 Å². The Morgan fingerprint density at radius 2 is 2.08 bits per heavy atom. The molecule has 25 heavy (non-hydrogen) atoms. The van der Waals surface area contributed by atoms with Gasteiger partial charge in [-0.1, -0.05) is 6.92 Å². The molecule has 1 atom stereocenters. The van der Waals surface area contributed by atoms with Gasteiger partial charge >= 0.3 is 0 Å². The maximum absolute atomic E-state index is 10.7. The molecule has 4 heterocycles. The van der Waals surface area contributed by atoms with Crippen LogP contribution in [0, 0.1) is 5.92 Å². The fourth-order valence-corrected chi connectivity index (χ4v) is 3.57. The summed E-state index contributed by atoms with van der Waals surface area (Å²) in [4.78, 5) is 15.3. The number of piperidine rings is 1. The molecule has 1 saturated heterocycles. The van der Waals surface area contributed by atoms with Gasteiger partial charge in [0.2, 0.25) is 0 Å². The van der Waals surface area contributed by atoms with Crippen molar-refractivity contribution in [1.29, 1.82) is 0 Å². The molecule has 1 fully saturated rings. The average Bonchev–Trinajstić information content (AvgIpc) is 3.29. The zero-order valence-electron chi connectivity index (χ0n) is 14.6. The van der Waals surface area contributed by atoms with Gasteiger partial charge in [-0.2, -0.15) is 14.6 Å². The largest absolute Gasteiger partial charge is 0.385 e. The molecule has 0 aliphatic carbocycles. The number of fused-ring (bicyclic) bond motifs is 1. The van der Waals surface area contributed by atoms with Crippen molar-refractivity contribution in [2.24, 2.45) is 13.0 Å². The van der Waals surface area contributed by atoms with E-state index in [4.69, 9.17) is 0 Å². The molecule has 0 aromatic carbocycles. The fraction of sp³-hybridized carbons (Fsp3) is 0.529. The van der Waals surface area contributed by atoms with E-state index in [1.165, 1.54) is 0 Å². The predicted octanol–water partition coefficient (Wildman–Crippen LogP) is 1.37. The number of imidazole rings is 1. The summed E-state index contributed by atoms with van der Waals surface area (Å²) in [5, 5.41) is 15.0. The summed E-state index contributed by atoms with van der Waals surface area (Å²) in [5.41, 5.74) is 1.02. The van der Waals surface area contributed by atoms with Crippen molar-refractivity contribution in [2.75, 3.05) is 18.0 Å². The Hall–Kier alpha value is -2.48. The smallest absolute Gasteiger partial charge is 0.254 e. The predicted molar refractivity (Wildman–Crippen MR) is 93.3 cm³/mol. The van der Waals surface area contributed by atoms with Crippen molar-refractivity contribution in [3.05, 3.63) is 36.3 Å². The standard InChI is InChI=1S/C17H23N7O/c1-3-13-10-14(24-17(21-13)19-11-20-24)23-7-4-12(5-8-23)15(25)16-18-6-9-22(16)2/h6,9-12,15,25H,3-5,7-8H2,1-2H3. The Balaban J connectivity index is 1.52. The number of aliphatic hydroxyl groups is 1. The van der Waals surface area contributed by atoms with Crippen LogP contribution < -0.4 is 4.90 Å². The third-order valence-corrected chi connectivity index (χ3v) is 5.08. The van der Waals surface area contributed by atoms with Crippen LogP contribution >= 0.6 is 0 Å². The molecule has 8 nitrogen and oxygen atoms in total. The van der Waals surface area contributed by atoms with E-state index in [9.17, 15) is 5.11 Å². The number of anilines is 1. The first kappa shape index (κ1) is 16.0. The monoisotopic (exact) mass is 341 g/mol. The van der Waals surface area contributed by atoms with Crippen LogP contribution in [0.25, 0.3) is 5.78 Å². The second-order valence-corrected chi connectivity index (χ2v) is 6.60. The molecule has 0 saturated carbocycles. The van der Waals surface area contributed by atoms with Crippen LogP contribution in [0.3, 0.4) is 0 Å². The fourth-order valence-electron chi connectivity index (χ4n) is 3.57. The van der Waals surface area contributed by atoms with Crippen LogP contribution in [0.5, 0.6) is 0 Å². The number of nitrogens with zero attached hydrogens (tertiary/aromatic N) is 7. The van der Waals surface area contributed by atoms with E-state index < -0.39 is 6.10 Å². The molecule has 1 N–H and O–H groups in total. The molecule has 132 valence electrons. The Morgan fingerprint density at radius 1 is 1.28 bits per heavy atom. The van der Waals surface area contributed by atoms with Gasteiger partial charge in [0.25, 0.3) is 5.78 Å². The van der Waals surface area contributed by atoms with Crippen LogP contribution in [0.4, 0.5) is 5.82 Å². The molecule has 1 unspecified atom stereocenters. The summed E-state index contributed by atoms with van der Waals surface area (Å²) in [6.45, 7) is 3.83. The molecular formula is C17H23N7O. The molecule has 0 spiro atoms. The van der Waals surface area contributed by atoms with Crippen molar-refractivity contribution >= 4 is 11.6 Å². The lowest BCUT2D eigenvalue weighted by atomic mass is 9.90. The summed E-state index contributed by atoms with van der Waals surface area (Å²) in [7, 11) is 1.92. The highest BCUT2D eigenvalue weighted by atomic mass is 16.3. The topological polar surface area (TPSA) is 84.4 Å². The average molecular weight is 341 g/mol. The SMILES string of the molecule is CCc1cc(N2CCC(C(O)c3nccn3C)CC2)n2ncnc2n1. The van der Waals surface area contributed by atoms with Crippen molar-refractivity contribution in [3.63, 3.8) is 0 Å². The molecule has 1 aliphatic heterocycles. The van der Waals surface area contributed by atoms with E-state index in [1.807, 2.05) is 17.8 Å². The highest BCUT2D eigenvalue weighted by Crippen LogP contribution is 2.31. The molecule has 1 aliphatic rings. The third-order valence-electron chi connectivity index (χ3n) is 5.08. The number of hydrogen-bond donors (Lipinski definition) is 1. The summed E-state index contributed by atoms with van der Waals surface area (Å²) in [5.74, 6) is 2.64. The van der Waals surface area contributed by atoms with E-state index in [-0.39, 0.29) is 5.92 Å². The molecule has 4 rings (SSSR count). The van der Waals surface area contributed by atoms with Crippen molar-refractivity contribution in [2.45, 2.75) is 32.3 Å². The number of aliphatic hydroxyl groups excluding tert-OH is 1. The normalized spacial score (nSPS) is 17.3. The Kier molecular flexibility index (Phi) is 4.12. The summed E-state index contributed by atoms with van der Waals surface area (Å²) in [6, 6.07) is 2.09. The maximum Gasteiger partial charge on any atom is 0.254 e. The number of hydrogen-bond acceptors (Lipinski definition) is 6. The number of aromatic nitrogens is 6. The van der Waals surface area contributed by atoms with E-state index in [1.54, 1.807) is 17.0 Å². The Morgan fingerprint density at radius 3 is 2.76 bits per heavy atom. The molecule has 3 aromatic heterocycles. The minimum Gasteiger partial charge on any atom is -0.385 e. The van der Waals surface area contributed by atoms with Gasteiger partial charge in [-0.05, 0) is 25.2 Å².